The van der Waals surface area contributed by atoms with Crippen LogP contribution in [0.1, 0.15) is 52.4 Å². The molecule has 5 rings (SSSR count). The number of benzene rings is 2. The van der Waals surface area contributed by atoms with Crippen LogP contribution in [0.25, 0.3) is 10.9 Å². The number of carbonyl (C=O) groups excluding carboxylic acids is 2. The van der Waals surface area contributed by atoms with Crippen molar-refractivity contribution < 1.29 is 31.9 Å². The van der Waals surface area contributed by atoms with Crippen molar-refractivity contribution in [3.8, 4) is 5.75 Å². The first-order chi connectivity index (χ1) is 18.5. The summed E-state index contributed by atoms with van der Waals surface area (Å²) >= 11 is 5.94. The van der Waals surface area contributed by atoms with Crippen molar-refractivity contribution in [2.45, 2.75) is 44.1 Å². The minimum atomic E-state index is -4.81. The molecule has 1 saturated carbocycles. The minimum Gasteiger partial charge on any atom is -0.406 e. The Morgan fingerprint density at radius 3 is 2.33 bits per heavy atom. The van der Waals surface area contributed by atoms with Crippen LogP contribution in [0.15, 0.2) is 47.4 Å². The Balaban J connectivity index is 1.20. The Morgan fingerprint density at radius 1 is 1.05 bits per heavy atom. The van der Waals surface area contributed by atoms with Gasteiger partial charge < -0.3 is 14.6 Å². The number of ether oxygens (including phenoxy) is 1. The number of amides is 1. The summed E-state index contributed by atoms with van der Waals surface area (Å²) in [4.78, 5) is 40.7. The fraction of sp³-hybridized carbons (Fsp3) is 0.370. The molecule has 0 radical (unpaired) electrons. The number of alkyl halides is 3. The van der Waals surface area contributed by atoms with Crippen molar-refractivity contribution in [3.05, 3.63) is 74.8 Å². The van der Waals surface area contributed by atoms with Gasteiger partial charge in [-0.05, 0) is 62.1 Å². The molecule has 3 aromatic rings. The summed E-state index contributed by atoms with van der Waals surface area (Å²) in [5.41, 5.74) is 0.128. The summed E-state index contributed by atoms with van der Waals surface area (Å²) in [5, 5.41) is 2.90. The van der Waals surface area contributed by atoms with E-state index in [0.29, 0.717) is 31.4 Å². The van der Waals surface area contributed by atoms with Gasteiger partial charge in [0.1, 0.15) is 17.1 Å². The zero-order valence-corrected chi connectivity index (χ0v) is 21.3. The van der Waals surface area contributed by atoms with Crippen molar-refractivity contribution in [1.29, 1.82) is 0 Å². The molecule has 2 heterocycles. The molecule has 0 spiro atoms. The standard InChI is InChI=1S/C27H24ClF4N3O4/c28-21-12-23-19(11-22(21)29)25(37)20(13-35(23)17-3-4-17)26(38)33-16-7-9-34(10-8-16)14-24(36)15-1-5-18(6-2-15)39-27(30,31)32/h1-2,5-6,11-13,16-17H,3-4,7-10,14H2,(H,33,38). The lowest BCUT2D eigenvalue weighted by Gasteiger charge is -2.31. The van der Waals surface area contributed by atoms with Gasteiger partial charge in [0.2, 0.25) is 5.43 Å². The van der Waals surface area contributed by atoms with Crippen LogP contribution in [0.2, 0.25) is 5.02 Å². The molecule has 1 saturated heterocycles. The average molecular weight is 566 g/mol. The van der Waals surface area contributed by atoms with Gasteiger partial charge in [-0.2, -0.15) is 0 Å². The molecule has 1 amide bonds. The highest BCUT2D eigenvalue weighted by Gasteiger charge is 2.31. The number of fused-ring (bicyclic) bond motifs is 1. The second-order valence-electron chi connectivity index (χ2n) is 9.81. The number of aromatic nitrogens is 1. The second kappa shape index (κ2) is 10.6. The number of hydrogen-bond acceptors (Lipinski definition) is 5. The van der Waals surface area contributed by atoms with Gasteiger partial charge in [0.25, 0.3) is 5.91 Å². The van der Waals surface area contributed by atoms with E-state index in [0.717, 1.165) is 31.0 Å². The van der Waals surface area contributed by atoms with Crippen molar-refractivity contribution in [1.82, 2.24) is 14.8 Å². The number of halogens is 5. The Morgan fingerprint density at radius 2 is 1.72 bits per heavy atom. The number of rotatable bonds is 7. The molecule has 1 aromatic heterocycles. The maximum Gasteiger partial charge on any atom is 0.573 e. The van der Waals surface area contributed by atoms with E-state index in [-0.39, 0.29) is 45.9 Å². The van der Waals surface area contributed by atoms with Crippen LogP contribution in [0.5, 0.6) is 5.75 Å². The number of ketones is 1. The number of nitrogens with zero attached hydrogens (tertiary/aromatic N) is 2. The van der Waals surface area contributed by atoms with E-state index >= 15 is 0 Å². The van der Waals surface area contributed by atoms with E-state index in [1.807, 2.05) is 9.47 Å². The molecule has 1 aliphatic heterocycles. The summed E-state index contributed by atoms with van der Waals surface area (Å²) in [5.74, 6) is -1.92. The molecule has 1 aliphatic carbocycles. The van der Waals surface area contributed by atoms with Gasteiger partial charge in [-0.1, -0.05) is 11.6 Å². The SMILES string of the molecule is O=C(CN1CCC(NC(=O)c2cn(C3CC3)c3cc(Cl)c(F)cc3c2=O)CC1)c1ccc(OC(F)(F)F)cc1. The first-order valence-electron chi connectivity index (χ1n) is 12.4. The van der Waals surface area contributed by atoms with Crippen LogP contribution >= 0.6 is 11.6 Å². The maximum absolute atomic E-state index is 14.1. The smallest absolute Gasteiger partial charge is 0.406 e. The largest absolute Gasteiger partial charge is 0.573 e. The van der Waals surface area contributed by atoms with E-state index in [9.17, 15) is 31.9 Å². The van der Waals surface area contributed by atoms with Crippen molar-refractivity contribution in [2.75, 3.05) is 19.6 Å². The number of carbonyl (C=O) groups is 2. The molecule has 206 valence electrons. The van der Waals surface area contributed by atoms with Gasteiger partial charge in [-0.15, -0.1) is 13.2 Å². The molecule has 2 aromatic carbocycles. The van der Waals surface area contributed by atoms with E-state index < -0.39 is 29.3 Å². The van der Waals surface area contributed by atoms with Gasteiger partial charge in [0.15, 0.2) is 5.78 Å². The number of pyridine rings is 1. The Labute approximate surface area is 225 Å². The molecule has 2 fully saturated rings. The van der Waals surface area contributed by atoms with Gasteiger partial charge >= 0.3 is 6.36 Å². The third-order valence-electron chi connectivity index (χ3n) is 6.96. The molecule has 7 nitrogen and oxygen atoms in total. The predicted octanol–water partition coefficient (Wildman–Crippen LogP) is 5.10. The first-order valence-corrected chi connectivity index (χ1v) is 12.8. The predicted molar refractivity (Wildman–Crippen MR) is 136 cm³/mol. The number of nitrogens with one attached hydrogen (secondary N) is 1. The van der Waals surface area contributed by atoms with Gasteiger partial charge in [0.05, 0.1) is 17.1 Å². The number of hydrogen-bond donors (Lipinski definition) is 1. The van der Waals surface area contributed by atoms with Gasteiger partial charge in [-0.3, -0.25) is 19.3 Å². The molecule has 0 atom stereocenters. The number of piperidine rings is 1. The van der Waals surface area contributed by atoms with Crippen LogP contribution in [0, 0.1) is 5.82 Å². The lowest BCUT2D eigenvalue weighted by molar-refractivity contribution is -0.274. The van der Waals surface area contributed by atoms with E-state index in [1.54, 1.807) is 0 Å². The zero-order valence-electron chi connectivity index (χ0n) is 20.6. The lowest BCUT2D eigenvalue weighted by atomic mass is 10.0. The monoisotopic (exact) mass is 565 g/mol. The van der Waals surface area contributed by atoms with Crippen molar-refractivity contribution in [2.24, 2.45) is 0 Å². The summed E-state index contributed by atoms with van der Waals surface area (Å²) in [6.07, 6.45) is -0.449. The summed E-state index contributed by atoms with van der Waals surface area (Å²) in [6.45, 7) is 1.07. The second-order valence-corrected chi connectivity index (χ2v) is 10.2. The van der Waals surface area contributed by atoms with Crippen LogP contribution in [-0.4, -0.2) is 53.2 Å². The summed E-state index contributed by atoms with van der Waals surface area (Å²) in [7, 11) is 0. The van der Waals surface area contributed by atoms with E-state index in [4.69, 9.17) is 11.6 Å². The third-order valence-corrected chi connectivity index (χ3v) is 7.25. The normalized spacial score (nSPS) is 16.8. The van der Waals surface area contributed by atoms with Crippen LogP contribution in [-0.2, 0) is 0 Å². The highest BCUT2D eigenvalue weighted by molar-refractivity contribution is 6.31. The Bertz CT molecular complexity index is 1480. The van der Waals surface area contributed by atoms with Gasteiger partial charge in [-0.25, -0.2) is 4.39 Å². The molecule has 0 bridgehead atoms. The highest BCUT2D eigenvalue weighted by Crippen LogP contribution is 2.37. The molecular formula is C27H24ClF4N3O4. The van der Waals surface area contributed by atoms with Crippen LogP contribution in [0.4, 0.5) is 17.6 Å². The minimum absolute atomic E-state index is 0.0633. The molecule has 39 heavy (non-hydrogen) atoms. The van der Waals surface area contributed by atoms with Crippen LogP contribution < -0.4 is 15.5 Å². The van der Waals surface area contributed by atoms with E-state index in [2.05, 4.69) is 10.1 Å². The van der Waals surface area contributed by atoms with E-state index in [1.165, 1.54) is 24.4 Å². The third kappa shape index (κ3) is 6.25. The van der Waals surface area contributed by atoms with Crippen molar-refractivity contribution in [3.63, 3.8) is 0 Å². The molecule has 1 N–H and O–H groups in total. The number of likely N-dealkylation sites (tertiary alicyclic amines) is 1. The molecule has 0 unspecified atom stereocenters. The number of Topliss-reactive ketones (excluding diaryl/α,β-unsaturated/α-hetero) is 1. The van der Waals surface area contributed by atoms with Gasteiger partial charge in [0, 0.05) is 42.3 Å². The molecule has 12 heteroatoms. The highest BCUT2D eigenvalue weighted by atomic mass is 35.5. The first kappa shape index (κ1) is 27.1. The Kier molecular flexibility index (Phi) is 7.39. The van der Waals surface area contributed by atoms with Crippen LogP contribution in [0.3, 0.4) is 0 Å². The average Bonchev–Trinajstić information content (AvgIpc) is 3.71. The zero-order chi connectivity index (χ0) is 27.9. The quantitative estimate of drug-likeness (QED) is 0.318. The Hall–Kier alpha value is -3.44. The fourth-order valence-corrected chi connectivity index (χ4v) is 4.95. The topological polar surface area (TPSA) is 80.6 Å². The molecule has 2 aliphatic rings. The summed E-state index contributed by atoms with van der Waals surface area (Å²) < 4.78 is 56.7. The van der Waals surface area contributed by atoms with Crippen molar-refractivity contribution >= 4 is 34.2 Å². The fourth-order valence-electron chi connectivity index (χ4n) is 4.80. The lowest BCUT2D eigenvalue weighted by Crippen LogP contribution is -2.46. The maximum atomic E-state index is 14.1. The summed E-state index contributed by atoms with van der Waals surface area (Å²) in [6, 6.07) is 7.13. The molecular weight excluding hydrogens is 542 g/mol.